The van der Waals surface area contributed by atoms with Crippen molar-refractivity contribution in [2.45, 2.75) is 46.6 Å². The van der Waals surface area contributed by atoms with Crippen molar-refractivity contribution in [3.05, 3.63) is 59.7 Å². The molecule has 0 aromatic heterocycles. The van der Waals surface area contributed by atoms with Crippen LogP contribution in [0, 0.1) is 11.3 Å². The van der Waals surface area contributed by atoms with Crippen LogP contribution in [0.25, 0.3) is 0 Å². The molecule has 0 bridgehead atoms. The number of anilines is 2. The molecule has 0 aliphatic carbocycles. The first-order chi connectivity index (χ1) is 15.6. The van der Waals surface area contributed by atoms with Crippen LogP contribution in [0.15, 0.2) is 48.5 Å². The highest BCUT2D eigenvalue weighted by atomic mass is 16.2. The number of fused-ring (bicyclic) bond motifs is 1. The van der Waals surface area contributed by atoms with E-state index >= 15 is 0 Å². The van der Waals surface area contributed by atoms with Crippen LogP contribution in [0.2, 0.25) is 0 Å². The van der Waals surface area contributed by atoms with Gasteiger partial charge in [-0.2, -0.15) is 0 Å². The quantitative estimate of drug-likeness (QED) is 0.596. The van der Waals surface area contributed by atoms with E-state index in [1.807, 2.05) is 58.0 Å². The van der Waals surface area contributed by atoms with Gasteiger partial charge in [0.05, 0.1) is 23.8 Å². The molecule has 7 nitrogen and oxygen atoms in total. The molecule has 0 radical (unpaired) electrons. The third-order valence-corrected chi connectivity index (χ3v) is 5.80. The highest BCUT2D eigenvalue weighted by Crippen LogP contribution is 2.39. The maximum atomic E-state index is 13.4. The summed E-state index contributed by atoms with van der Waals surface area (Å²) in [5, 5.41) is 5.81. The molecular weight excluding hydrogens is 416 g/mol. The summed E-state index contributed by atoms with van der Waals surface area (Å²) in [6.07, 6.45) is 0.488. The number of hydrogen-bond donors (Lipinski definition) is 3. The van der Waals surface area contributed by atoms with E-state index in [-0.39, 0.29) is 35.5 Å². The molecule has 0 saturated carbocycles. The fourth-order valence-electron chi connectivity index (χ4n) is 3.82. The third-order valence-electron chi connectivity index (χ3n) is 5.80. The molecule has 0 fully saturated rings. The molecule has 1 unspecified atom stereocenters. The summed E-state index contributed by atoms with van der Waals surface area (Å²) in [5.74, 6) is -0.344. The SMILES string of the molecule is CC(C)CC(=O)N1c2ccc(C(=O)NCC(C)(C)CN)cc2NC(=O)CC1c1ccccc1. The maximum Gasteiger partial charge on any atom is 0.251 e. The van der Waals surface area contributed by atoms with Gasteiger partial charge in [-0.05, 0) is 41.6 Å². The highest BCUT2D eigenvalue weighted by Gasteiger charge is 2.34. The predicted molar refractivity (Wildman–Crippen MR) is 131 cm³/mol. The summed E-state index contributed by atoms with van der Waals surface area (Å²) >= 11 is 0. The molecule has 1 atom stereocenters. The molecule has 1 heterocycles. The number of nitrogens with one attached hydrogen (secondary N) is 2. The summed E-state index contributed by atoms with van der Waals surface area (Å²) < 4.78 is 0. The molecule has 4 N–H and O–H groups in total. The van der Waals surface area contributed by atoms with Crippen molar-refractivity contribution >= 4 is 29.1 Å². The van der Waals surface area contributed by atoms with Crippen LogP contribution in [-0.4, -0.2) is 30.8 Å². The number of nitrogens with two attached hydrogens (primary N) is 1. The van der Waals surface area contributed by atoms with E-state index in [1.165, 1.54) is 0 Å². The van der Waals surface area contributed by atoms with Gasteiger partial charge in [0.15, 0.2) is 0 Å². The molecule has 2 aromatic rings. The van der Waals surface area contributed by atoms with Gasteiger partial charge >= 0.3 is 0 Å². The number of carbonyl (C=O) groups is 3. The minimum Gasteiger partial charge on any atom is -0.351 e. The van der Waals surface area contributed by atoms with Crippen molar-refractivity contribution in [1.29, 1.82) is 0 Å². The lowest BCUT2D eigenvalue weighted by atomic mass is 9.94. The van der Waals surface area contributed by atoms with E-state index < -0.39 is 6.04 Å². The minimum absolute atomic E-state index is 0.0569. The Bertz CT molecular complexity index is 1020. The highest BCUT2D eigenvalue weighted by molar-refractivity contribution is 6.06. The fourth-order valence-corrected chi connectivity index (χ4v) is 3.82. The third kappa shape index (κ3) is 5.99. The van der Waals surface area contributed by atoms with Gasteiger partial charge in [0.1, 0.15) is 0 Å². The first kappa shape index (κ1) is 24.5. The average Bonchev–Trinajstić information content (AvgIpc) is 2.92. The Hall–Kier alpha value is -3.19. The Morgan fingerprint density at radius 1 is 1.18 bits per heavy atom. The van der Waals surface area contributed by atoms with Gasteiger partial charge in [0, 0.05) is 18.5 Å². The molecule has 0 saturated heterocycles. The van der Waals surface area contributed by atoms with Gasteiger partial charge in [-0.15, -0.1) is 0 Å². The summed E-state index contributed by atoms with van der Waals surface area (Å²) in [6.45, 7) is 8.82. The first-order valence-corrected chi connectivity index (χ1v) is 11.4. The molecule has 1 aliphatic rings. The zero-order valence-corrected chi connectivity index (χ0v) is 19.9. The van der Waals surface area contributed by atoms with Crippen molar-refractivity contribution in [1.82, 2.24) is 5.32 Å². The van der Waals surface area contributed by atoms with Gasteiger partial charge < -0.3 is 21.3 Å². The average molecular weight is 451 g/mol. The monoisotopic (exact) mass is 450 g/mol. The van der Waals surface area contributed by atoms with E-state index in [1.54, 1.807) is 23.1 Å². The molecule has 33 heavy (non-hydrogen) atoms. The minimum atomic E-state index is -0.427. The summed E-state index contributed by atoms with van der Waals surface area (Å²) in [6, 6.07) is 14.2. The number of rotatable bonds is 7. The lowest BCUT2D eigenvalue weighted by Gasteiger charge is -2.31. The Kier molecular flexibility index (Phi) is 7.53. The van der Waals surface area contributed by atoms with E-state index in [0.717, 1.165) is 5.56 Å². The second kappa shape index (κ2) is 10.2. The Balaban J connectivity index is 2.00. The fraction of sp³-hybridized carbons (Fsp3) is 0.423. The van der Waals surface area contributed by atoms with Crippen LogP contribution in [0.3, 0.4) is 0 Å². The number of hydrogen-bond acceptors (Lipinski definition) is 4. The number of benzene rings is 2. The van der Waals surface area contributed by atoms with Crippen molar-refractivity contribution < 1.29 is 14.4 Å². The summed E-state index contributed by atoms with van der Waals surface area (Å²) in [4.78, 5) is 40.7. The van der Waals surface area contributed by atoms with E-state index in [2.05, 4.69) is 10.6 Å². The molecule has 7 heteroatoms. The second-order valence-electron chi connectivity index (χ2n) is 9.82. The predicted octanol–water partition coefficient (Wildman–Crippen LogP) is 3.86. The smallest absolute Gasteiger partial charge is 0.251 e. The van der Waals surface area contributed by atoms with Gasteiger partial charge in [0.2, 0.25) is 11.8 Å². The normalized spacial score (nSPS) is 16.1. The van der Waals surface area contributed by atoms with Crippen molar-refractivity contribution in [2.24, 2.45) is 17.1 Å². The topological polar surface area (TPSA) is 105 Å². The van der Waals surface area contributed by atoms with Crippen LogP contribution >= 0.6 is 0 Å². The molecular formula is C26H34N4O3. The maximum absolute atomic E-state index is 13.4. The first-order valence-electron chi connectivity index (χ1n) is 11.4. The van der Waals surface area contributed by atoms with Crippen molar-refractivity contribution in [3.63, 3.8) is 0 Å². The van der Waals surface area contributed by atoms with Gasteiger partial charge in [-0.25, -0.2) is 0 Å². The van der Waals surface area contributed by atoms with E-state index in [0.29, 0.717) is 36.4 Å². The lowest BCUT2D eigenvalue weighted by Crippen LogP contribution is -2.38. The summed E-state index contributed by atoms with van der Waals surface area (Å²) in [7, 11) is 0. The van der Waals surface area contributed by atoms with Gasteiger partial charge in [-0.3, -0.25) is 14.4 Å². The standard InChI is InChI=1S/C26H34N4O3/c1-17(2)12-24(32)30-21-11-10-19(25(33)28-16-26(3,4)15-27)13-20(21)29-23(31)14-22(30)18-8-6-5-7-9-18/h5-11,13,17,22H,12,14-16,27H2,1-4H3,(H,28,33)(H,29,31). The van der Waals surface area contributed by atoms with Crippen LogP contribution in [-0.2, 0) is 9.59 Å². The number of amides is 3. The molecule has 2 aromatic carbocycles. The Morgan fingerprint density at radius 3 is 2.52 bits per heavy atom. The lowest BCUT2D eigenvalue weighted by molar-refractivity contribution is -0.120. The largest absolute Gasteiger partial charge is 0.351 e. The van der Waals surface area contributed by atoms with Crippen LogP contribution < -0.4 is 21.3 Å². The Labute approximate surface area is 195 Å². The Morgan fingerprint density at radius 2 is 1.88 bits per heavy atom. The van der Waals surface area contributed by atoms with Crippen molar-refractivity contribution in [2.75, 3.05) is 23.3 Å². The molecule has 0 spiro atoms. The molecule has 3 rings (SSSR count). The molecule has 1 aliphatic heterocycles. The van der Waals surface area contributed by atoms with E-state index in [4.69, 9.17) is 5.73 Å². The van der Waals surface area contributed by atoms with Crippen LogP contribution in [0.5, 0.6) is 0 Å². The van der Waals surface area contributed by atoms with Gasteiger partial charge in [-0.1, -0.05) is 58.0 Å². The number of nitrogens with zero attached hydrogens (tertiary/aromatic N) is 1. The molecule has 3 amide bonds. The zero-order valence-electron chi connectivity index (χ0n) is 19.9. The van der Waals surface area contributed by atoms with Crippen LogP contribution in [0.1, 0.15) is 62.5 Å². The number of carbonyl (C=O) groups excluding carboxylic acids is 3. The van der Waals surface area contributed by atoms with Crippen LogP contribution in [0.4, 0.5) is 11.4 Å². The molecule has 176 valence electrons. The second-order valence-corrected chi connectivity index (χ2v) is 9.82. The zero-order chi connectivity index (χ0) is 24.2. The van der Waals surface area contributed by atoms with Gasteiger partial charge in [0.25, 0.3) is 5.91 Å². The van der Waals surface area contributed by atoms with E-state index in [9.17, 15) is 14.4 Å². The van der Waals surface area contributed by atoms with Crippen molar-refractivity contribution in [3.8, 4) is 0 Å². The summed E-state index contributed by atoms with van der Waals surface area (Å²) in [5.41, 5.74) is 7.90.